The summed E-state index contributed by atoms with van der Waals surface area (Å²) in [5.74, 6) is 5.16. The predicted octanol–water partition coefficient (Wildman–Crippen LogP) is 0.691. The highest BCUT2D eigenvalue weighted by molar-refractivity contribution is 5.20. The highest BCUT2D eigenvalue weighted by Gasteiger charge is 2.14. The molecule has 0 aliphatic heterocycles. The van der Waals surface area contributed by atoms with Gasteiger partial charge in [-0.3, -0.25) is 11.3 Å². The van der Waals surface area contributed by atoms with Gasteiger partial charge in [-0.1, -0.05) is 18.2 Å². The number of aromatic amines is 1. The maximum absolute atomic E-state index is 13.4. The summed E-state index contributed by atoms with van der Waals surface area (Å²) < 4.78 is 13.4. The molecule has 6 heteroatoms. The predicted molar refractivity (Wildman–Crippen MR) is 56.6 cm³/mol. The summed E-state index contributed by atoms with van der Waals surface area (Å²) in [6.07, 6.45) is 1.99. The van der Waals surface area contributed by atoms with E-state index in [0.717, 1.165) is 0 Å². The first-order valence-electron chi connectivity index (χ1n) is 4.86. The number of aromatic nitrogens is 3. The SMILES string of the molecule is NNC(Cc1ccccc1F)c1cn[nH]n1. The van der Waals surface area contributed by atoms with Gasteiger partial charge in [-0.2, -0.15) is 15.4 Å². The highest BCUT2D eigenvalue weighted by Crippen LogP contribution is 2.16. The van der Waals surface area contributed by atoms with Gasteiger partial charge in [0.2, 0.25) is 0 Å². The van der Waals surface area contributed by atoms with E-state index in [0.29, 0.717) is 17.7 Å². The van der Waals surface area contributed by atoms with E-state index < -0.39 is 0 Å². The van der Waals surface area contributed by atoms with Crippen LogP contribution in [0.15, 0.2) is 30.5 Å². The Kier molecular flexibility index (Phi) is 3.23. The maximum Gasteiger partial charge on any atom is 0.126 e. The minimum atomic E-state index is -0.254. The summed E-state index contributed by atoms with van der Waals surface area (Å²) in [4.78, 5) is 0. The monoisotopic (exact) mass is 221 g/mol. The summed E-state index contributed by atoms with van der Waals surface area (Å²) in [5.41, 5.74) is 3.84. The highest BCUT2D eigenvalue weighted by atomic mass is 19.1. The second-order valence-corrected chi connectivity index (χ2v) is 3.41. The number of H-pyrrole nitrogens is 1. The molecule has 0 aliphatic rings. The van der Waals surface area contributed by atoms with Crippen molar-refractivity contribution in [2.24, 2.45) is 5.84 Å². The molecule has 0 radical (unpaired) electrons. The number of nitrogens with one attached hydrogen (secondary N) is 2. The number of hydrogen-bond donors (Lipinski definition) is 3. The van der Waals surface area contributed by atoms with E-state index in [1.165, 1.54) is 6.07 Å². The number of halogens is 1. The van der Waals surface area contributed by atoms with Gasteiger partial charge in [0.25, 0.3) is 0 Å². The Hall–Kier alpha value is -1.79. The average Bonchev–Trinajstić information content (AvgIpc) is 2.81. The zero-order valence-electron chi connectivity index (χ0n) is 8.52. The lowest BCUT2D eigenvalue weighted by Crippen LogP contribution is -2.30. The molecule has 16 heavy (non-hydrogen) atoms. The minimum absolute atomic E-state index is 0.244. The summed E-state index contributed by atoms with van der Waals surface area (Å²) in [6, 6.07) is 6.33. The normalized spacial score (nSPS) is 12.6. The van der Waals surface area contributed by atoms with Crippen LogP contribution in [0, 0.1) is 5.82 Å². The maximum atomic E-state index is 13.4. The topological polar surface area (TPSA) is 79.6 Å². The fourth-order valence-electron chi connectivity index (χ4n) is 1.51. The molecule has 0 fully saturated rings. The standard InChI is InChI=1S/C10H12FN5/c11-8-4-2-1-3-7(8)5-9(14-12)10-6-13-16-15-10/h1-4,6,9,14H,5,12H2,(H,13,15,16). The largest absolute Gasteiger partial charge is 0.271 e. The average molecular weight is 221 g/mol. The van der Waals surface area contributed by atoms with Crippen LogP contribution in [0.25, 0.3) is 0 Å². The molecular weight excluding hydrogens is 209 g/mol. The molecule has 0 aliphatic carbocycles. The summed E-state index contributed by atoms with van der Waals surface area (Å²) in [5, 5.41) is 10.1. The van der Waals surface area contributed by atoms with E-state index in [2.05, 4.69) is 20.8 Å². The van der Waals surface area contributed by atoms with Crippen molar-refractivity contribution < 1.29 is 4.39 Å². The van der Waals surface area contributed by atoms with Crippen LogP contribution in [0.5, 0.6) is 0 Å². The Morgan fingerprint density at radius 3 is 2.88 bits per heavy atom. The molecule has 0 spiro atoms. The number of rotatable bonds is 4. The van der Waals surface area contributed by atoms with E-state index in [1.807, 2.05) is 0 Å². The quantitative estimate of drug-likeness (QED) is 0.524. The van der Waals surface area contributed by atoms with Crippen LogP contribution in [0.1, 0.15) is 17.3 Å². The van der Waals surface area contributed by atoms with Gasteiger partial charge in [-0.15, -0.1) is 0 Å². The lowest BCUT2D eigenvalue weighted by molar-refractivity contribution is 0.518. The van der Waals surface area contributed by atoms with Crippen molar-refractivity contribution in [3.63, 3.8) is 0 Å². The van der Waals surface area contributed by atoms with E-state index in [4.69, 9.17) is 5.84 Å². The van der Waals surface area contributed by atoms with Gasteiger partial charge in [-0.05, 0) is 18.1 Å². The molecule has 84 valence electrons. The first-order chi connectivity index (χ1) is 7.81. The van der Waals surface area contributed by atoms with Crippen molar-refractivity contribution >= 4 is 0 Å². The lowest BCUT2D eigenvalue weighted by atomic mass is 10.0. The smallest absolute Gasteiger partial charge is 0.126 e. The van der Waals surface area contributed by atoms with Crippen molar-refractivity contribution in [2.45, 2.75) is 12.5 Å². The molecule has 1 aromatic carbocycles. The molecule has 1 atom stereocenters. The molecule has 1 unspecified atom stereocenters. The number of hydrazine groups is 1. The number of nitrogens with zero attached hydrogens (tertiary/aromatic N) is 2. The van der Waals surface area contributed by atoms with Crippen LogP contribution < -0.4 is 11.3 Å². The molecule has 5 nitrogen and oxygen atoms in total. The van der Waals surface area contributed by atoms with Gasteiger partial charge in [0.15, 0.2) is 0 Å². The molecule has 0 bridgehead atoms. The molecule has 1 aromatic heterocycles. The number of hydrogen-bond acceptors (Lipinski definition) is 4. The summed E-state index contributed by atoms with van der Waals surface area (Å²) in [7, 11) is 0. The summed E-state index contributed by atoms with van der Waals surface area (Å²) in [6.45, 7) is 0. The van der Waals surface area contributed by atoms with Crippen LogP contribution in [-0.2, 0) is 6.42 Å². The molecule has 4 N–H and O–H groups in total. The zero-order valence-corrected chi connectivity index (χ0v) is 8.52. The zero-order chi connectivity index (χ0) is 11.4. The van der Waals surface area contributed by atoms with E-state index in [1.54, 1.807) is 24.4 Å². The van der Waals surface area contributed by atoms with Crippen LogP contribution >= 0.6 is 0 Å². The van der Waals surface area contributed by atoms with Crippen molar-refractivity contribution in [2.75, 3.05) is 0 Å². The molecule has 2 aromatic rings. The molecule has 2 rings (SSSR count). The van der Waals surface area contributed by atoms with Crippen LogP contribution in [0.4, 0.5) is 4.39 Å². The molecular formula is C10H12FN5. The third-order valence-corrected chi connectivity index (χ3v) is 2.37. The summed E-state index contributed by atoms with van der Waals surface area (Å²) >= 11 is 0. The van der Waals surface area contributed by atoms with Crippen LogP contribution in [0.3, 0.4) is 0 Å². The van der Waals surface area contributed by atoms with Crippen molar-refractivity contribution in [3.05, 3.63) is 47.5 Å². The Labute approximate surface area is 91.8 Å². The van der Waals surface area contributed by atoms with Gasteiger partial charge in [0.1, 0.15) is 11.5 Å². The molecule has 0 saturated heterocycles. The van der Waals surface area contributed by atoms with Crippen molar-refractivity contribution in [1.82, 2.24) is 20.8 Å². The number of nitrogens with two attached hydrogens (primary N) is 1. The van der Waals surface area contributed by atoms with Gasteiger partial charge >= 0.3 is 0 Å². The third-order valence-electron chi connectivity index (χ3n) is 2.37. The fourth-order valence-corrected chi connectivity index (χ4v) is 1.51. The van der Waals surface area contributed by atoms with Gasteiger partial charge in [-0.25, -0.2) is 4.39 Å². The Bertz CT molecular complexity index is 442. The van der Waals surface area contributed by atoms with Crippen LogP contribution in [0.2, 0.25) is 0 Å². The second-order valence-electron chi connectivity index (χ2n) is 3.41. The minimum Gasteiger partial charge on any atom is -0.271 e. The molecule has 0 saturated carbocycles. The first kappa shape index (κ1) is 10.7. The molecule has 0 amide bonds. The molecule has 1 heterocycles. The van der Waals surface area contributed by atoms with Crippen LogP contribution in [-0.4, -0.2) is 15.4 Å². The Morgan fingerprint density at radius 2 is 2.25 bits per heavy atom. The van der Waals surface area contributed by atoms with E-state index >= 15 is 0 Å². The van der Waals surface area contributed by atoms with Crippen molar-refractivity contribution in [3.8, 4) is 0 Å². The second kappa shape index (κ2) is 4.82. The third kappa shape index (κ3) is 2.23. The first-order valence-corrected chi connectivity index (χ1v) is 4.86. The Balaban J connectivity index is 2.17. The van der Waals surface area contributed by atoms with Crippen molar-refractivity contribution in [1.29, 1.82) is 0 Å². The van der Waals surface area contributed by atoms with E-state index in [9.17, 15) is 4.39 Å². The fraction of sp³-hybridized carbons (Fsp3) is 0.200. The van der Waals surface area contributed by atoms with Gasteiger partial charge in [0, 0.05) is 0 Å². The lowest BCUT2D eigenvalue weighted by Gasteiger charge is -2.13. The van der Waals surface area contributed by atoms with Gasteiger partial charge < -0.3 is 0 Å². The number of benzene rings is 1. The Morgan fingerprint density at radius 1 is 1.44 bits per heavy atom. The van der Waals surface area contributed by atoms with Gasteiger partial charge in [0.05, 0.1) is 12.2 Å². The van der Waals surface area contributed by atoms with E-state index in [-0.39, 0.29) is 11.9 Å².